The number of sulfonamides is 1. The maximum Gasteiger partial charge on any atom is 0.375 e. The van der Waals surface area contributed by atoms with Crippen molar-refractivity contribution in [2.24, 2.45) is 0 Å². The Morgan fingerprint density at radius 1 is 1.36 bits per heavy atom. The molecular formula is C13H13FN2O5S. The van der Waals surface area contributed by atoms with Crippen LogP contribution in [0.5, 0.6) is 0 Å². The molecular weight excluding hydrogens is 315 g/mol. The van der Waals surface area contributed by atoms with E-state index < -0.39 is 33.6 Å². The van der Waals surface area contributed by atoms with E-state index in [1.165, 1.54) is 31.2 Å². The molecule has 0 fully saturated rings. The predicted octanol–water partition coefficient (Wildman–Crippen LogP) is 1.79. The zero-order valence-electron chi connectivity index (χ0n) is 11.7. The summed E-state index contributed by atoms with van der Waals surface area (Å²) in [4.78, 5) is 11.2. The van der Waals surface area contributed by atoms with Gasteiger partial charge in [0.05, 0.1) is 17.9 Å². The van der Waals surface area contributed by atoms with E-state index in [9.17, 15) is 17.6 Å². The van der Waals surface area contributed by atoms with Crippen molar-refractivity contribution >= 4 is 16.0 Å². The van der Waals surface area contributed by atoms with Crippen molar-refractivity contribution in [1.82, 2.24) is 9.88 Å². The summed E-state index contributed by atoms with van der Waals surface area (Å²) in [5.74, 6) is -2.31. The van der Waals surface area contributed by atoms with Gasteiger partial charge in [0.25, 0.3) is 0 Å². The molecule has 22 heavy (non-hydrogen) atoms. The van der Waals surface area contributed by atoms with Gasteiger partial charge in [0, 0.05) is 5.56 Å². The van der Waals surface area contributed by atoms with Crippen molar-refractivity contribution in [3.63, 3.8) is 0 Å². The molecule has 2 rings (SSSR count). The first-order chi connectivity index (χ1) is 10.2. The number of rotatable bonds is 5. The molecule has 0 radical (unpaired) electrons. The van der Waals surface area contributed by atoms with Crippen molar-refractivity contribution in [2.45, 2.75) is 13.0 Å². The molecule has 2 N–H and O–H groups in total. The molecule has 9 heteroatoms. The summed E-state index contributed by atoms with van der Waals surface area (Å²) >= 11 is 0. The monoisotopic (exact) mass is 328 g/mol. The zero-order valence-corrected chi connectivity index (χ0v) is 12.5. The van der Waals surface area contributed by atoms with Crippen LogP contribution < -0.4 is 4.72 Å². The minimum atomic E-state index is -3.57. The molecule has 1 unspecified atom stereocenters. The van der Waals surface area contributed by atoms with Crippen LogP contribution in [0.3, 0.4) is 0 Å². The van der Waals surface area contributed by atoms with E-state index in [4.69, 9.17) is 9.63 Å². The maximum absolute atomic E-state index is 13.0. The van der Waals surface area contributed by atoms with Gasteiger partial charge in [0.15, 0.2) is 0 Å². The first kappa shape index (κ1) is 16.1. The third-order valence-corrected chi connectivity index (χ3v) is 3.65. The number of hydrogen-bond donors (Lipinski definition) is 2. The van der Waals surface area contributed by atoms with Gasteiger partial charge in [0.2, 0.25) is 15.8 Å². The molecule has 0 saturated carbocycles. The van der Waals surface area contributed by atoms with E-state index >= 15 is 0 Å². The molecule has 0 bridgehead atoms. The summed E-state index contributed by atoms with van der Waals surface area (Å²) in [6, 6.07) is 4.28. The van der Waals surface area contributed by atoms with Crippen LogP contribution >= 0.6 is 0 Å². The Hall–Kier alpha value is -2.26. The fourth-order valence-corrected chi connectivity index (χ4v) is 2.81. The van der Waals surface area contributed by atoms with Gasteiger partial charge in [-0.15, -0.1) is 0 Å². The molecule has 1 heterocycles. The number of nitrogens with one attached hydrogen (secondary N) is 1. The molecule has 0 amide bonds. The second-order valence-electron chi connectivity index (χ2n) is 4.70. The van der Waals surface area contributed by atoms with Gasteiger partial charge in [-0.3, -0.25) is 0 Å². The van der Waals surface area contributed by atoms with Crippen LogP contribution in [0.1, 0.15) is 29.1 Å². The number of carboxylic acids is 1. The number of hydrogen-bond acceptors (Lipinski definition) is 5. The molecule has 118 valence electrons. The topological polar surface area (TPSA) is 110 Å². The highest BCUT2D eigenvalue weighted by molar-refractivity contribution is 7.88. The Labute approximate surface area is 125 Å². The molecule has 0 saturated heterocycles. The largest absolute Gasteiger partial charge is 0.475 e. The summed E-state index contributed by atoms with van der Waals surface area (Å²) in [6.07, 6.45) is 0.953. The molecule has 1 aromatic heterocycles. The second kappa shape index (κ2) is 5.85. The Bertz CT molecular complexity index is 798. The van der Waals surface area contributed by atoms with Gasteiger partial charge in [-0.05, 0) is 31.2 Å². The predicted molar refractivity (Wildman–Crippen MR) is 75.3 cm³/mol. The van der Waals surface area contributed by atoms with Crippen LogP contribution in [0.15, 0.2) is 28.8 Å². The smallest absolute Gasteiger partial charge is 0.375 e. The van der Waals surface area contributed by atoms with Gasteiger partial charge >= 0.3 is 5.97 Å². The number of benzene rings is 1. The van der Waals surface area contributed by atoms with Crippen LogP contribution in [-0.2, 0) is 10.0 Å². The highest BCUT2D eigenvalue weighted by Gasteiger charge is 2.28. The van der Waals surface area contributed by atoms with Gasteiger partial charge < -0.3 is 9.63 Å². The fourth-order valence-electron chi connectivity index (χ4n) is 2.05. The molecule has 2 aromatic rings. The van der Waals surface area contributed by atoms with E-state index in [-0.39, 0.29) is 11.3 Å². The SMILES string of the molecule is CC(NS(C)(=O)=O)c1c(-c2ccc(F)cc2)noc1C(=O)O. The quantitative estimate of drug-likeness (QED) is 0.866. The summed E-state index contributed by atoms with van der Waals surface area (Å²) < 4.78 is 42.8. The van der Waals surface area contributed by atoms with Crippen molar-refractivity contribution in [3.8, 4) is 11.3 Å². The number of aromatic nitrogens is 1. The lowest BCUT2D eigenvalue weighted by Gasteiger charge is -2.12. The van der Waals surface area contributed by atoms with Crippen LogP contribution in [-0.4, -0.2) is 30.9 Å². The van der Waals surface area contributed by atoms with Crippen molar-refractivity contribution in [3.05, 3.63) is 41.4 Å². The average molecular weight is 328 g/mol. The zero-order chi connectivity index (χ0) is 16.5. The summed E-state index contributed by atoms with van der Waals surface area (Å²) in [6.45, 7) is 1.47. The number of aromatic carboxylic acids is 1. The molecule has 0 aliphatic heterocycles. The molecule has 1 atom stereocenters. The third kappa shape index (κ3) is 3.49. The molecule has 0 aliphatic carbocycles. The Kier molecular flexibility index (Phi) is 4.29. The summed E-state index contributed by atoms with van der Waals surface area (Å²) in [7, 11) is -3.57. The second-order valence-corrected chi connectivity index (χ2v) is 6.48. The van der Waals surface area contributed by atoms with E-state index in [1.807, 2.05) is 0 Å². The Morgan fingerprint density at radius 2 is 1.95 bits per heavy atom. The first-order valence-electron chi connectivity index (χ1n) is 6.15. The minimum Gasteiger partial charge on any atom is -0.475 e. The van der Waals surface area contributed by atoms with Gasteiger partial charge in [0.1, 0.15) is 11.5 Å². The highest BCUT2D eigenvalue weighted by Crippen LogP contribution is 2.31. The molecule has 0 spiro atoms. The lowest BCUT2D eigenvalue weighted by Crippen LogP contribution is -2.26. The Morgan fingerprint density at radius 3 is 2.45 bits per heavy atom. The molecule has 0 aliphatic rings. The van der Waals surface area contributed by atoms with E-state index in [1.54, 1.807) is 0 Å². The molecule has 7 nitrogen and oxygen atoms in total. The summed E-state index contributed by atoms with van der Waals surface area (Å²) in [5, 5.41) is 12.8. The standard InChI is InChI=1S/C13H13FN2O5S/c1-7(16-22(2,19)20)10-11(15-21-12(10)13(17)18)8-3-5-9(14)6-4-8/h3-7,16H,1-2H3,(H,17,18). The van der Waals surface area contributed by atoms with E-state index in [2.05, 4.69) is 9.88 Å². The van der Waals surface area contributed by atoms with Crippen LogP contribution in [0.2, 0.25) is 0 Å². The first-order valence-corrected chi connectivity index (χ1v) is 8.04. The Balaban J connectivity index is 2.56. The van der Waals surface area contributed by atoms with Gasteiger partial charge in [-0.2, -0.15) is 0 Å². The lowest BCUT2D eigenvalue weighted by molar-refractivity contribution is 0.0649. The van der Waals surface area contributed by atoms with Gasteiger partial charge in [-0.25, -0.2) is 22.3 Å². The van der Waals surface area contributed by atoms with E-state index in [0.717, 1.165) is 6.26 Å². The van der Waals surface area contributed by atoms with E-state index in [0.29, 0.717) is 5.56 Å². The maximum atomic E-state index is 13.0. The van der Waals surface area contributed by atoms with Crippen LogP contribution in [0, 0.1) is 5.82 Å². The van der Waals surface area contributed by atoms with Crippen LogP contribution in [0.4, 0.5) is 4.39 Å². The van der Waals surface area contributed by atoms with Crippen LogP contribution in [0.25, 0.3) is 11.3 Å². The number of nitrogens with zero attached hydrogens (tertiary/aromatic N) is 1. The minimum absolute atomic E-state index is 0.0736. The van der Waals surface area contributed by atoms with Gasteiger partial charge in [-0.1, -0.05) is 5.16 Å². The summed E-state index contributed by atoms with van der Waals surface area (Å²) in [5.41, 5.74) is 0.625. The lowest BCUT2D eigenvalue weighted by atomic mass is 10.0. The van der Waals surface area contributed by atoms with Crippen molar-refractivity contribution < 1.29 is 27.2 Å². The fraction of sp³-hybridized carbons (Fsp3) is 0.231. The number of carbonyl (C=O) groups is 1. The normalized spacial score (nSPS) is 13.0. The number of carboxylic acid groups (broad SMARTS) is 1. The number of halogens is 1. The molecule has 1 aromatic carbocycles. The van der Waals surface area contributed by atoms with Crippen molar-refractivity contribution in [1.29, 1.82) is 0 Å². The van der Waals surface area contributed by atoms with Crippen molar-refractivity contribution in [2.75, 3.05) is 6.26 Å². The average Bonchev–Trinajstić information content (AvgIpc) is 2.82. The highest BCUT2D eigenvalue weighted by atomic mass is 32.2. The third-order valence-electron chi connectivity index (χ3n) is 2.86.